The Bertz CT molecular complexity index is 835. The lowest BCUT2D eigenvalue weighted by Gasteiger charge is -2.35. The van der Waals surface area contributed by atoms with Crippen molar-refractivity contribution in [2.45, 2.75) is 32.9 Å². The number of rotatable bonds is 4. The number of fused-ring (bicyclic) bond motifs is 1. The summed E-state index contributed by atoms with van der Waals surface area (Å²) in [6.07, 6.45) is 0. The molecule has 3 rings (SSSR count). The molecule has 8 heteroatoms. The molecule has 2 aromatic rings. The standard InChI is InChI=1S/C20H27N5O3/c1-13(2)21-18(26)14(3)22-20(28)25-10-8-24(9-11-25)19(27)17-12-15-6-4-5-7-16(15)23-17/h4-7,12-14,23H,8-11H2,1-3H3,(H,21,26)(H,22,28). The Kier molecular flexibility index (Phi) is 5.87. The number of para-hydroxylation sites is 1. The van der Waals surface area contributed by atoms with Crippen molar-refractivity contribution >= 4 is 28.7 Å². The van der Waals surface area contributed by atoms with Crippen molar-refractivity contribution in [1.29, 1.82) is 0 Å². The minimum absolute atomic E-state index is 0.0195. The molecule has 150 valence electrons. The van der Waals surface area contributed by atoms with E-state index in [1.807, 2.05) is 44.2 Å². The first-order chi connectivity index (χ1) is 13.3. The number of amides is 4. The van der Waals surface area contributed by atoms with E-state index >= 15 is 0 Å². The molecule has 0 spiro atoms. The smallest absolute Gasteiger partial charge is 0.318 e. The van der Waals surface area contributed by atoms with E-state index in [-0.39, 0.29) is 23.9 Å². The Morgan fingerprint density at radius 1 is 0.964 bits per heavy atom. The third-order valence-corrected chi connectivity index (χ3v) is 4.78. The highest BCUT2D eigenvalue weighted by Gasteiger charge is 2.27. The summed E-state index contributed by atoms with van der Waals surface area (Å²) in [5.74, 6) is -0.281. The van der Waals surface area contributed by atoms with Gasteiger partial charge in [0, 0.05) is 43.1 Å². The summed E-state index contributed by atoms with van der Waals surface area (Å²) in [7, 11) is 0. The second-order valence-corrected chi connectivity index (χ2v) is 7.38. The average Bonchev–Trinajstić information content (AvgIpc) is 3.11. The van der Waals surface area contributed by atoms with E-state index in [4.69, 9.17) is 0 Å². The van der Waals surface area contributed by atoms with E-state index in [1.54, 1.807) is 16.7 Å². The molecule has 2 heterocycles. The van der Waals surface area contributed by atoms with Crippen LogP contribution in [0.1, 0.15) is 31.3 Å². The molecule has 0 bridgehead atoms. The molecule has 28 heavy (non-hydrogen) atoms. The summed E-state index contributed by atoms with van der Waals surface area (Å²) in [6, 6.07) is 8.73. The van der Waals surface area contributed by atoms with E-state index < -0.39 is 6.04 Å². The zero-order valence-corrected chi connectivity index (χ0v) is 16.5. The normalized spacial score (nSPS) is 15.6. The summed E-state index contributed by atoms with van der Waals surface area (Å²) in [5, 5.41) is 6.48. The lowest BCUT2D eigenvalue weighted by Crippen LogP contribution is -2.56. The highest BCUT2D eigenvalue weighted by molar-refractivity contribution is 5.98. The van der Waals surface area contributed by atoms with Gasteiger partial charge in [0.25, 0.3) is 5.91 Å². The van der Waals surface area contributed by atoms with Gasteiger partial charge in [0.15, 0.2) is 0 Å². The third kappa shape index (κ3) is 4.44. The summed E-state index contributed by atoms with van der Waals surface area (Å²) in [5.41, 5.74) is 1.48. The number of hydrogen-bond acceptors (Lipinski definition) is 3. The SMILES string of the molecule is CC(C)NC(=O)C(C)NC(=O)N1CCN(C(=O)c2cc3ccccc3[nH]2)CC1. The molecule has 1 aromatic heterocycles. The number of aromatic amines is 1. The number of carbonyl (C=O) groups is 3. The first kappa shape index (κ1) is 19.7. The summed E-state index contributed by atoms with van der Waals surface area (Å²) in [4.78, 5) is 43.6. The summed E-state index contributed by atoms with van der Waals surface area (Å²) < 4.78 is 0. The molecule has 0 saturated carbocycles. The number of nitrogens with zero attached hydrogens (tertiary/aromatic N) is 2. The molecule has 1 aliphatic heterocycles. The molecule has 8 nitrogen and oxygen atoms in total. The number of hydrogen-bond donors (Lipinski definition) is 3. The van der Waals surface area contributed by atoms with E-state index in [9.17, 15) is 14.4 Å². The van der Waals surface area contributed by atoms with E-state index in [1.165, 1.54) is 0 Å². The molecular weight excluding hydrogens is 358 g/mol. The third-order valence-electron chi connectivity index (χ3n) is 4.78. The highest BCUT2D eigenvalue weighted by Crippen LogP contribution is 2.17. The van der Waals surface area contributed by atoms with Gasteiger partial charge in [-0.15, -0.1) is 0 Å². The van der Waals surface area contributed by atoms with Gasteiger partial charge in [0.05, 0.1) is 0 Å². The van der Waals surface area contributed by atoms with Crippen LogP contribution in [0.25, 0.3) is 10.9 Å². The lowest BCUT2D eigenvalue weighted by molar-refractivity contribution is -0.123. The topological polar surface area (TPSA) is 97.5 Å². The Hall–Kier alpha value is -3.03. The largest absolute Gasteiger partial charge is 0.352 e. The van der Waals surface area contributed by atoms with Crippen molar-refractivity contribution in [2.24, 2.45) is 0 Å². The van der Waals surface area contributed by atoms with Gasteiger partial charge in [0.1, 0.15) is 11.7 Å². The zero-order chi connectivity index (χ0) is 20.3. The molecule has 1 aromatic carbocycles. The number of urea groups is 1. The fourth-order valence-corrected chi connectivity index (χ4v) is 3.22. The minimum Gasteiger partial charge on any atom is -0.352 e. The molecule has 4 amide bonds. The monoisotopic (exact) mass is 385 g/mol. The van der Waals surface area contributed by atoms with Crippen LogP contribution in [0.5, 0.6) is 0 Å². The second kappa shape index (κ2) is 8.33. The number of nitrogens with one attached hydrogen (secondary N) is 3. The van der Waals surface area contributed by atoms with Crippen LogP contribution >= 0.6 is 0 Å². The van der Waals surface area contributed by atoms with Crippen molar-refractivity contribution < 1.29 is 14.4 Å². The highest BCUT2D eigenvalue weighted by atomic mass is 16.2. The van der Waals surface area contributed by atoms with Crippen molar-refractivity contribution in [3.63, 3.8) is 0 Å². The molecule has 1 saturated heterocycles. The number of carbonyl (C=O) groups excluding carboxylic acids is 3. The van der Waals surface area contributed by atoms with Crippen LogP contribution in [-0.4, -0.2) is 70.9 Å². The number of piperazine rings is 1. The van der Waals surface area contributed by atoms with Crippen LogP contribution in [-0.2, 0) is 4.79 Å². The van der Waals surface area contributed by atoms with E-state index in [2.05, 4.69) is 15.6 Å². The van der Waals surface area contributed by atoms with Gasteiger partial charge >= 0.3 is 6.03 Å². The Morgan fingerprint density at radius 3 is 2.25 bits per heavy atom. The molecule has 1 fully saturated rings. The molecule has 1 unspecified atom stereocenters. The van der Waals surface area contributed by atoms with E-state index in [0.29, 0.717) is 31.9 Å². The first-order valence-corrected chi connectivity index (χ1v) is 9.58. The second-order valence-electron chi connectivity index (χ2n) is 7.38. The van der Waals surface area contributed by atoms with Gasteiger partial charge in [0.2, 0.25) is 5.91 Å². The first-order valence-electron chi connectivity index (χ1n) is 9.58. The predicted molar refractivity (Wildman–Crippen MR) is 107 cm³/mol. The number of aromatic nitrogens is 1. The molecule has 0 aliphatic carbocycles. The van der Waals surface area contributed by atoms with Crippen LogP contribution < -0.4 is 10.6 Å². The van der Waals surface area contributed by atoms with Crippen LogP contribution in [0, 0.1) is 0 Å². The van der Waals surface area contributed by atoms with Gasteiger partial charge in [-0.3, -0.25) is 9.59 Å². The van der Waals surface area contributed by atoms with Gasteiger partial charge in [-0.2, -0.15) is 0 Å². The maximum Gasteiger partial charge on any atom is 0.318 e. The van der Waals surface area contributed by atoms with E-state index in [0.717, 1.165) is 10.9 Å². The number of H-pyrrole nitrogens is 1. The fraction of sp³-hybridized carbons (Fsp3) is 0.450. The summed E-state index contributed by atoms with van der Waals surface area (Å²) in [6.45, 7) is 7.16. The van der Waals surface area contributed by atoms with Crippen molar-refractivity contribution in [3.05, 3.63) is 36.0 Å². The number of benzene rings is 1. The Morgan fingerprint density at radius 2 is 1.61 bits per heavy atom. The van der Waals surface area contributed by atoms with Gasteiger partial charge < -0.3 is 25.4 Å². The molecule has 1 atom stereocenters. The Labute approximate surface area is 164 Å². The zero-order valence-electron chi connectivity index (χ0n) is 16.5. The van der Waals surface area contributed by atoms with Crippen molar-refractivity contribution in [3.8, 4) is 0 Å². The van der Waals surface area contributed by atoms with Crippen LogP contribution in [0.2, 0.25) is 0 Å². The Balaban J connectivity index is 1.53. The molecule has 1 aliphatic rings. The van der Waals surface area contributed by atoms with Crippen LogP contribution in [0.4, 0.5) is 4.79 Å². The quantitative estimate of drug-likeness (QED) is 0.745. The van der Waals surface area contributed by atoms with Crippen molar-refractivity contribution in [1.82, 2.24) is 25.4 Å². The molecule has 3 N–H and O–H groups in total. The van der Waals surface area contributed by atoms with Gasteiger partial charge in [-0.25, -0.2) is 4.79 Å². The lowest BCUT2D eigenvalue weighted by atomic mass is 10.2. The fourth-order valence-electron chi connectivity index (χ4n) is 3.22. The van der Waals surface area contributed by atoms with Crippen molar-refractivity contribution in [2.75, 3.05) is 26.2 Å². The maximum absolute atomic E-state index is 12.7. The van der Waals surface area contributed by atoms with Crippen LogP contribution in [0.15, 0.2) is 30.3 Å². The molecular formula is C20H27N5O3. The van der Waals surface area contributed by atoms with Crippen LogP contribution in [0.3, 0.4) is 0 Å². The predicted octanol–water partition coefficient (Wildman–Crippen LogP) is 1.55. The van der Waals surface area contributed by atoms with Gasteiger partial charge in [-0.1, -0.05) is 18.2 Å². The minimum atomic E-state index is -0.610. The average molecular weight is 385 g/mol. The van der Waals surface area contributed by atoms with Gasteiger partial charge in [-0.05, 0) is 32.9 Å². The summed E-state index contributed by atoms with van der Waals surface area (Å²) >= 11 is 0. The molecule has 0 radical (unpaired) electrons. The maximum atomic E-state index is 12.7.